The monoisotopic (exact) mass is 388 g/mol. The minimum absolute atomic E-state index is 0.178. The van der Waals surface area contributed by atoms with Gasteiger partial charge in [0.05, 0.1) is 15.6 Å². The van der Waals surface area contributed by atoms with Crippen LogP contribution in [0.25, 0.3) is 0 Å². The van der Waals surface area contributed by atoms with Gasteiger partial charge in [0.15, 0.2) is 0 Å². The van der Waals surface area contributed by atoms with E-state index in [1.165, 1.54) is 0 Å². The quantitative estimate of drug-likeness (QED) is 0.549. The Balaban J connectivity index is 2.27. The first-order valence-electron chi connectivity index (χ1n) is 5.75. The van der Waals surface area contributed by atoms with Gasteiger partial charge in [-0.1, -0.05) is 23.2 Å². The van der Waals surface area contributed by atoms with Gasteiger partial charge in [-0.05, 0) is 34.1 Å². The molecule has 0 aliphatic carbocycles. The number of benzene rings is 1. The van der Waals surface area contributed by atoms with Crippen LogP contribution in [0.1, 0.15) is 11.1 Å². The van der Waals surface area contributed by atoms with Crippen LogP contribution in [-0.2, 0) is 6.61 Å². The molecule has 1 aromatic carbocycles. The zero-order valence-electron chi connectivity index (χ0n) is 10.7. The molecule has 0 amide bonds. The van der Waals surface area contributed by atoms with E-state index in [0.29, 0.717) is 22.2 Å². The molecule has 1 heterocycles. The Labute approximate surface area is 139 Å². The van der Waals surface area contributed by atoms with Crippen molar-refractivity contribution in [2.75, 3.05) is 5.73 Å². The Morgan fingerprint density at radius 2 is 2.10 bits per heavy atom. The van der Waals surface area contributed by atoms with Gasteiger partial charge in [0.2, 0.25) is 0 Å². The van der Waals surface area contributed by atoms with Gasteiger partial charge < -0.3 is 16.2 Å². The average Bonchev–Trinajstić information content (AvgIpc) is 2.41. The highest BCUT2D eigenvalue weighted by molar-refractivity contribution is 9.10. The molecular weight excluding hydrogens is 379 g/mol. The Bertz CT molecular complexity index is 709. The molecule has 110 valence electrons. The summed E-state index contributed by atoms with van der Waals surface area (Å²) in [7, 11) is 0. The number of pyridine rings is 1. The summed E-state index contributed by atoms with van der Waals surface area (Å²) < 4.78 is 6.41. The number of ether oxygens (including phenoxy) is 1. The highest BCUT2D eigenvalue weighted by Crippen LogP contribution is 2.33. The first kappa shape index (κ1) is 15.9. The number of nitrogens with one attached hydrogen (secondary N) is 1. The maximum Gasteiger partial charge on any atom is 0.139 e. The molecule has 0 aliphatic heterocycles. The fraction of sp³-hybridized carbons (Fsp3) is 0.0769. The first-order valence-corrected chi connectivity index (χ1v) is 7.30. The van der Waals surface area contributed by atoms with Crippen LogP contribution in [0, 0.1) is 5.41 Å². The van der Waals surface area contributed by atoms with Crippen molar-refractivity contribution in [2.45, 2.75) is 6.61 Å². The second-order valence-corrected chi connectivity index (χ2v) is 5.84. The van der Waals surface area contributed by atoms with Crippen LogP contribution in [0.4, 0.5) is 5.82 Å². The van der Waals surface area contributed by atoms with Crippen LogP contribution in [-0.4, -0.2) is 10.8 Å². The highest BCUT2D eigenvalue weighted by Gasteiger charge is 2.14. The fourth-order valence-electron chi connectivity index (χ4n) is 1.65. The van der Waals surface area contributed by atoms with E-state index in [2.05, 4.69) is 20.9 Å². The van der Waals surface area contributed by atoms with Crippen molar-refractivity contribution in [1.82, 2.24) is 4.98 Å². The molecular formula is C13H11BrCl2N4O. The predicted octanol–water partition coefficient (Wildman–Crippen LogP) is 3.60. The molecule has 0 saturated heterocycles. The molecule has 5 N–H and O–H groups in total. The minimum Gasteiger partial charge on any atom is -0.487 e. The van der Waals surface area contributed by atoms with Gasteiger partial charge in [-0.25, -0.2) is 4.98 Å². The van der Waals surface area contributed by atoms with Gasteiger partial charge in [0, 0.05) is 16.2 Å². The number of nitrogen functional groups attached to an aromatic ring is 2. The lowest BCUT2D eigenvalue weighted by Crippen LogP contribution is -2.13. The molecule has 1 aromatic heterocycles. The van der Waals surface area contributed by atoms with E-state index >= 15 is 0 Å². The van der Waals surface area contributed by atoms with Crippen LogP contribution in [0.5, 0.6) is 5.75 Å². The maximum absolute atomic E-state index is 7.49. The van der Waals surface area contributed by atoms with Crippen LogP contribution >= 0.6 is 39.1 Å². The number of hydrogen-bond acceptors (Lipinski definition) is 4. The summed E-state index contributed by atoms with van der Waals surface area (Å²) in [5, 5.41) is 7.98. The summed E-state index contributed by atoms with van der Waals surface area (Å²) in [6, 6.07) is 4.98. The molecule has 8 heteroatoms. The van der Waals surface area contributed by atoms with E-state index in [-0.39, 0.29) is 23.0 Å². The van der Waals surface area contributed by atoms with E-state index in [1.807, 2.05) is 0 Å². The summed E-state index contributed by atoms with van der Waals surface area (Å²) in [5.74, 6) is 0.514. The summed E-state index contributed by atoms with van der Waals surface area (Å²) in [4.78, 5) is 4.02. The van der Waals surface area contributed by atoms with E-state index < -0.39 is 0 Å². The number of anilines is 1. The van der Waals surface area contributed by atoms with Gasteiger partial charge in [-0.3, -0.25) is 5.41 Å². The number of aromatic nitrogens is 1. The van der Waals surface area contributed by atoms with Crippen LogP contribution in [0.15, 0.2) is 28.9 Å². The highest BCUT2D eigenvalue weighted by atomic mass is 79.9. The summed E-state index contributed by atoms with van der Waals surface area (Å²) in [6.07, 6.45) is 1.60. The van der Waals surface area contributed by atoms with Gasteiger partial charge in [0.25, 0.3) is 0 Å². The topological polar surface area (TPSA) is 98.0 Å². The first-order chi connectivity index (χ1) is 9.90. The standard InChI is InChI=1S/C13H11BrCl2N4O/c14-7-3-6(13(19)20-4-7)5-21-9-2-1-8(15)10(11(9)16)12(17)18/h1-4H,5H2,(H3,17,18)(H2,19,20). The number of rotatable bonds is 4. The molecule has 0 unspecified atom stereocenters. The molecule has 0 radical (unpaired) electrons. The average molecular weight is 390 g/mol. The normalized spacial score (nSPS) is 10.4. The van der Waals surface area contributed by atoms with Gasteiger partial charge in [-0.2, -0.15) is 0 Å². The number of nitrogens with zero attached hydrogens (tertiary/aromatic N) is 1. The fourth-order valence-corrected chi connectivity index (χ4v) is 2.66. The lowest BCUT2D eigenvalue weighted by Gasteiger charge is -2.13. The van der Waals surface area contributed by atoms with Crippen molar-refractivity contribution < 1.29 is 4.74 Å². The van der Waals surface area contributed by atoms with E-state index in [9.17, 15) is 0 Å². The third-order valence-corrected chi connectivity index (χ3v) is 3.80. The SMILES string of the molecule is N=C(N)c1c(Cl)ccc(OCc2cc(Br)cnc2N)c1Cl. The van der Waals surface area contributed by atoms with Crippen molar-refractivity contribution in [1.29, 1.82) is 5.41 Å². The third kappa shape index (κ3) is 3.58. The Hall–Kier alpha value is -1.50. The summed E-state index contributed by atoms with van der Waals surface area (Å²) >= 11 is 15.4. The van der Waals surface area contributed by atoms with Gasteiger partial charge in [-0.15, -0.1) is 0 Å². The number of halogens is 3. The molecule has 0 spiro atoms. The van der Waals surface area contributed by atoms with Crippen LogP contribution in [0.3, 0.4) is 0 Å². The van der Waals surface area contributed by atoms with Crippen molar-refractivity contribution in [3.63, 3.8) is 0 Å². The molecule has 0 aliphatic rings. The molecule has 0 saturated carbocycles. The molecule has 5 nitrogen and oxygen atoms in total. The second kappa shape index (κ2) is 6.51. The Kier molecular flexibility index (Phi) is 4.92. The molecule has 21 heavy (non-hydrogen) atoms. The molecule has 0 fully saturated rings. The smallest absolute Gasteiger partial charge is 0.139 e. The zero-order chi connectivity index (χ0) is 15.6. The number of hydrogen-bond donors (Lipinski definition) is 3. The summed E-state index contributed by atoms with van der Waals surface area (Å²) in [5.41, 5.74) is 12.2. The number of nitrogens with two attached hydrogens (primary N) is 2. The lowest BCUT2D eigenvalue weighted by atomic mass is 10.2. The molecule has 0 atom stereocenters. The van der Waals surface area contributed by atoms with Crippen LogP contribution in [0.2, 0.25) is 10.0 Å². The second-order valence-electron chi connectivity index (χ2n) is 4.13. The van der Waals surface area contributed by atoms with Gasteiger partial charge in [0.1, 0.15) is 24.0 Å². The van der Waals surface area contributed by atoms with Crippen molar-refractivity contribution in [3.8, 4) is 5.75 Å². The van der Waals surface area contributed by atoms with E-state index in [4.69, 9.17) is 44.8 Å². The van der Waals surface area contributed by atoms with Crippen molar-refractivity contribution in [3.05, 3.63) is 50.0 Å². The molecule has 2 aromatic rings. The molecule has 2 rings (SSSR count). The van der Waals surface area contributed by atoms with Crippen LogP contribution < -0.4 is 16.2 Å². The largest absolute Gasteiger partial charge is 0.487 e. The minimum atomic E-state index is -0.223. The summed E-state index contributed by atoms with van der Waals surface area (Å²) in [6.45, 7) is 0.178. The lowest BCUT2D eigenvalue weighted by molar-refractivity contribution is 0.306. The maximum atomic E-state index is 7.49. The van der Waals surface area contributed by atoms with E-state index in [1.54, 1.807) is 24.4 Å². The van der Waals surface area contributed by atoms with Crippen molar-refractivity contribution in [2.24, 2.45) is 5.73 Å². The number of amidine groups is 1. The Morgan fingerprint density at radius 3 is 2.76 bits per heavy atom. The molecule has 0 bridgehead atoms. The van der Waals surface area contributed by atoms with E-state index in [0.717, 1.165) is 4.47 Å². The van der Waals surface area contributed by atoms with Gasteiger partial charge >= 0.3 is 0 Å². The predicted molar refractivity (Wildman–Crippen MR) is 88.2 cm³/mol. The third-order valence-electron chi connectivity index (χ3n) is 2.68. The Morgan fingerprint density at radius 1 is 1.38 bits per heavy atom. The van der Waals surface area contributed by atoms with Crippen molar-refractivity contribution >= 4 is 50.8 Å². The zero-order valence-corrected chi connectivity index (χ0v) is 13.8.